The highest BCUT2D eigenvalue weighted by Crippen LogP contribution is 2.24. The van der Waals surface area contributed by atoms with Crippen molar-refractivity contribution in [2.24, 2.45) is 5.10 Å². The van der Waals surface area contributed by atoms with Gasteiger partial charge in [-0.2, -0.15) is 5.10 Å². The largest absolute Gasteiger partial charge is 0.496 e. The van der Waals surface area contributed by atoms with Crippen LogP contribution in [0.4, 0.5) is 0 Å². The number of amides is 1. The van der Waals surface area contributed by atoms with Crippen molar-refractivity contribution < 1.29 is 9.53 Å². The molecular formula is C15H11Cl3N2O2. The highest BCUT2D eigenvalue weighted by Gasteiger charge is 2.12. The number of hydrogen-bond donors (Lipinski definition) is 1. The van der Waals surface area contributed by atoms with Crippen LogP contribution in [0, 0.1) is 0 Å². The van der Waals surface area contributed by atoms with E-state index < -0.39 is 5.91 Å². The van der Waals surface area contributed by atoms with E-state index >= 15 is 0 Å². The summed E-state index contributed by atoms with van der Waals surface area (Å²) in [7, 11) is 1.47. The fourth-order valence-electron chi connectivity index (χ4n) is 1.70. The molecule has 0 aliphatic rings. The molecule has 7 heteroatoms. The molecule has 2 aromatic carbocycles. The molecule has 0 spiro atoms. The number of hydrogen-bond acceptors (Lipinski definition) is 3. The number of benzene rings is 2. The van der Waals surface area contributed by atoms with E-state index in [4.69, 9.17) is 39.5 Å². The fraction of sp³-hybridized carbons (Fsp3) is 0.0667. The van der Waals surface area contributed by atoms with Crippen LogP contribution in [-0.2, 0) is 0 Å². The van der Waals surface area contributed by atoms with Gasteiger partial charge >= 0.3 is 0 Å². The Labute approximate surface area is 142 Å². The summed E-state index contributed by atoms with van der Waals surface area (Å²) in [5, 5.41) is 5.06. The minimum absolute atomic E-state index is 0.282. The summed E-state index contributed by atoms with van der Waals surface area (Å²) in [6, 6.07) is 9.86. The first-order valence-corrected chi connectivity index (χ1v) is 7.27. The number of rotatable bonds is 4. The standard InChI is InChI=1S/C15H11Cl3N2O2/c1-22-13-6-5-10(16)7-11(13)15(21)20-19-8-9-3-2-4-12(17)14(9)18/h2-8H,1H3,(H,20,21)/b19-8+. The predicted octanol–water partition coefficient (Wildman–Crippen LogP) is 4.42. The van der Waals surface area contributed by atoms with Gasteiger partial charge < -0.3 is 4.74 Å². The Bertz CT molecular complexity index is 733. The van der Waals surface area contributed by atoms with Gasteiger partial charge in [0.05, 0.1) is 28.9 Å². The smallest absolute Gasteiger partial charge is 0.275 e. The first-order chi connectivity index (χ1) is 10.5. The zero-order chi connectivity index (χ0) is 16.1. The van der Waals surface area contributed by atoms with Crippen molar-refractivity contribution in [2.75, 3.05) is 7.11 Å². The van der Waals surface area contributed by atoms with E-state index in [1.165, 1.54) is 19.4 Å². The lowest BCUT2D eigenvalue weighted by Gasteiger charge is -2.07. The van der Waals surface area contributed by atoms with Crippen LogP contribution >= 0.6 is 34.8 Å². The molecule has 0 aliphatic heterocycles. The van der Waals surface area contributed by atoms with Crippen molar-refractivity contribution in [2.45, 2.75) is 0 Å². The van der Waals surface area contributed by atoms with E-state index in [2.05, 4.69) is 10.5 Å². The number of halogens is 3. The van der Waals surface area contributed by atoms with Gasteiger partial charge in [0.15, 0.2) is 0 Å². The lowest BCUT2D eigenvalue weighted by molar-refractivity contribution is 0.0952. The van der Waals surface area contributed by atoms with Gasteiger partial charge in [-0.1, -0.05) is 46.9 Å². The molecule has 0 saturated heterocycles. The Morgan fingerprint density at radius 3 is 2.73 bits per heavy atom. The fourth-order valence-corrected chi connectivity index (χ4v) is 2.23. The van der Waals surface area contributed by atoms with Crippen LogP contribution in [0.3, 0.4) is 0 Å². The number of nitrogens with zero attached hydrogens (tertiary/aromatic N) is 1. The van der Waals surface area contributed by atoms with Gasteiger partial charge in [-0.15, -0.1) is 0 Å². The Morgan fingerprint density at radius 1 is 1.23 bits per heavy atom. The van der Waals surface area contributed by atoms with Gasteiger partial charge in [0.2, 0.25) is 0 Å². The maximum atomic E-state index is 12.1. The van der Waals surface area contributed by atoms with Crippen molar-refractivity contribution in [3.63, 3.8) is 0 Å². The quantitative estimate of drug-likeness (QED) is 0.650. The third kappa shape index (κ3) is 3.91. The molecule has 1 N–H and O–H groups in total. The first-order valence-electron chi connectivity index (χ1n) is 6.14. The second-order valence-electron chi connectivity index (χ2n) is 4.19. The number of carbonyl (C=O) groups is 1. The zero-order valence-electron chi connectivity index (χ0n) is 11.4. The molecule has 1 amide bonds. The van der Waals surface area contributed by atoms with Gasteiger partial charge in [-0.3, -0.25) is 4.79 Å². The maximum Gasteiger partial charge on any atom is 0.275 e. The monoisotopic (exact) mass is 356 g/mol. The zero-order valence-corrected chi connectivity index (χ0v) is 13.7. The molecular weight excluding hydrogens is 347 g/mol. The van der Waals surface area contributed by atoms with E-state index in [1.54, 1.807) is 30.3 Å². The average Bonchev–Trinajstić information content (AvgIpc) is 2.51. The summed E-state index contributed by atoms with van der Waals surface area (Å²) in [6.45, 7) is 0. The lowest BCUT2D eigenvalue weighted by atomic mass is 10.2. The molecule has 0 aliphatic carbocycles. The van der Waals surface area contributed by atoms with Crippen molar-refractivity contribution in [1.82, 2.24) is 5.43 Å². The molecule has 0 aromatic heterocycles. The summed E-state index contributed by atoms with van der Waals surface area (Å²) in [6.07, 6.45) is 1.41. The van der Waals surface area contributed by atoms with Crippen molar-refractivity contribution in [3.05, 3.63) is 62.6 Å². The van der Waals surface area contributed by atoms with Crippen LogP contribution in [0.2, 0.25) is 15.1 Å². The molecule has 0 heterocycles. The predicted molar refractivity (Wildman–Crippen MR) is 89.5 cm³/mol. The Morgan fingerprint density at radius 2 is 2.00 bits per heavy atom. The van der Waals surface area contributed by atoms with Gasteiger partial charge in [0.25, 0.3) is 5.91 Å². The molecule has 114 valence electrons. The van der Waals surface area contributed by atoms with Gasteiger partial charge in [0.1, 0.15) is 5.75 Å². The highest BCUT2D eigenvalue weighted by molar-refractivity contribution is 6.43. The highest BCUT2D eigenvalue weighted by atomic mass is 35.5. The van der Waals surface area contributed by atoms with E-state index in [9.17, 15) is 4.79 Å². The average molecular weight is 358 g/mol. The van der Waals surface area contributed by atoms with E-state index in [0.29, 0.717) is 26.4 Å². The Balaban J connectivity index is 2.15. The molecule has 0 atom stereocenters. The second-order valence-corrected chi connectivity index (χ2v) is 5.41. The van der Waals surface area contributed by atoms with Crippen molar-refractivity contribution in [1.29, 1.82) is 0 Å². The summed E-state index contributed by atoms with van der Waals surface area (Å²) < 4.78 is 5.11. The molecule has 0 radical (unpaired) electrons. The molecule has 22 heavy (non-hydrogen) atoms. The Hall–Kier alpha value is -1.75. The van der Waals surface area contributed by atoms with E-state index in [0.717, 1.165) is 0 Å². The molecule has 0 bridgehead atoms. The Kier molecular flexibility index (Phi) is 5.66. The number of nitrogens with one attached hydrogen (secondary N) is 1. The number of ether oxygens (including phenoxy) is 1. The summed E-state index contributed by atoms with van der Waals surface area (Å²) >= 11 is 17.8. The molecule has 0 unspecified atom stereocenters. The van der Waals surface area contributed by atoms with Gasteiger partial charge in [0, 0.05) is 10.6 Å². The van der Waals surface area contributed by atoms with Crippen molar-refractivity contribution in [3.8, 4) is 5.75 Å². The first kappa shape index (κ1) is 16.6. The van der Waals surface area contributed by atoms with Crippen LogP contribution < -0.4 is 10.2 Å². The molecule has 2 aromatic rings. The third-order valence-corrected chi connectivity index (χ3v) is 3.83. The second kappa shape index (κ2) is 7.49. The van der Waals surface area contributed by atoms with Crippen LogP contribution in [0.5, 0.6) is 5.75 Å². The topological polar surface area (TPSA) is 50.7 Å². The molecule has 0 saturated carbocycles. The van der Waals surface area contributed by atoms with E-state index in [1.807, 2.05) is 0 Å². The van der Waals surface area contributed by atoms with Gasteiger partial charge in [-0.05, 0) is 24.3 Å². The van der Waals surface area contributed by atoms with Crippen LogP contribution in [-0.4, -0.2) is 19.2 Å². The molecule has 4 nitrogen and oxygen atoms in total. The van der Waals surface area contributed by atoms with Gasteiger partial charge in [-0.25, -0.2) is 5.43 Å². The van der Waals surface area contributed by atoms with E-state index in [-0.39, 0.29) is 5.56 Å². The third-order valence-electron chi connectivity index (χ3n) is 2.76. The minimum atomic E-state index is -0.450. The summed E-state index contributed by atoms with van der Waals surface area (Å²) in [5.74, 6) is -0.0494. The van der Waals surface area contributed by atoms with Crippen LogP contribution in [0.1, 0.15) is 15.9 Å². The SMILES string of the molecule is COc1ccc(Cl)cc1C(=O)N/N=C/c1cccc(Cl)c1Cl. The lowest BCUT2D eigenvalue weighted by Crippen LogP contribution is -2.18. The normalized spacial score (nSPS) is 10.7. The number of hydrazone groups is 1. The summed E-state index contributed by atoms with van der Waals surface area (Å²) in [5.41, 5.74) is 3.26. The number of carbonyl (C=O) groups excluding carboxylic acids is 1. The minimum Gasteiger partial charge on any atom is -0.496 e. The maximum absolute atomic E-state index is 12.1. The van der Waals surface area contributed by atoms with Crippen LogP contribution in [0.25, 0.3) is 0 Å². The molecule has 0 fully saturated rings. The molecule has 2 rings (SSSR count). The van der Waals surface area contributed by atoms with Crippen LogP contribution in [0.15, 0.2) is 41.5 Å². The summed E-state index contributed by atoms with van der Waals surface area (Å²) in [4.78, 5) is 12.1. The number of methoxy groups -OCH3 is 1. The van der Waals surface area contributed by atoms with Crippen molar-refractivity contribution >= 4 is 46.9 Å².